The number of aromatic nitrogens is 2. The number of aryl methyl sites for hydroxylation is 2. The van der Waals surface area contributed by atoms with Crippen molar-refractivity contribution < 1.29 is 0 Å². The van der Waals surface area contributed by atoms with E-state index in [4.69, 9.17) is 0 Å². The van der Waals surface area contributed by atoms with Gasteiger partial charge in [0.2, 0.25) is 0 Å². The fourth-order valence-corrected chi connectivity index (χ4v) is 2.86. The molecule has 2 aromatic rings. The summed E-state index contributed by atoms with van der Waals surface area (Å²) in [6, 6.07) is 1.59. The van der Waals surface area contributed by atoms with E-state index in [-0.39, 0.29) is 5.56 Å². The van der Waals surface area contributed by atoms with Crippen LogP contribution in [0.4, 0.5) is 0 Å². The molecule has 0 aliphatic carbocycles. The molecule has 0 spiro atoms. The summed E-state index contributed by atoms with van der Waals surface area (Å²) >= 11 is 4.91. The molecule has 0 unspecified atom stereocenters. The molecule has 2 heterocycles. The molecule has 0 radical (unpaired) electrons. The fraction of sp³-hybridized carbons (Fsp3) is 0.333. The van der Waals surface area contributed by atoms with Crippen molar-refractivity contribution in [3.05, 3.63) is 31.6 Å². The molecule has 0 bridgehead atoms. The maximum Gasteiger partial charge on any atom is 0.259 e. The third-order valence-electron chi connectivity index (χ3n) is 2.03. The summed E-state index contributed by atoms with van der Waals surface area (Å²) in [5.41, 5.74) is 0.840. The van der Waals surface area contributed by atoms with Gasteiger partial charge < -0.3 is 0 Å². The summed E-state index contributed by atoms with van der Waals surface area (Å²) in [7, 11) is 0. The van der Waals surface area contributed by atoms with Crippen LogP contribution in [0.15, 0.2) is 15.5 Å². The van der Waals surface area contributed by atoms with Crippen LogP contribution in [0, 0.1) is 6.92 Å². The van der Waals surface area contributed by atoms with E-state index >= 15 is 0 Å². The predicted molar refractivity (Wildman–Crippen MR) is 61.2 cm³/mol. The second-order valence-electron chi connectivity index (χ2n) is 3.01. The highest BCUT2D eigenvalue weighted by Gasteiger charge is 2.09. The van der Waals surface area contributed by atoms with Gasteiger partial charge in [0.05, 0.1) is 0 Å². The van der Waals surface area contributed by atoms with Crippen molar-refractivity contribution in [2.45, 2.75) is 20.3 Å². The molecular formula is C9H9BrN2OS. The maximum absolute atomic E-state index is 11.7. The van der Waals surface area contributed by atoms with Gasteiger partial charge >= 0.3 is 0 Å². The van der Waals surface area contributed by atoms with Gasteiger partial charge in [-0.05, 0) is 29.3 Å². The van der Waals surface area contributed by atoms with E-state index in [0.29, 0.717) is 0 Å². The topological polar surface area (TPSA) is 34.4 Å². The van der Waals surface area contributed by atoms with E-state index in [2.05, 4.69) is 20.9 Å². The first-order chi connectivity index (χ1) is 6.63. The molecule has 3 nitrogen and oxygen atoms in total. The highest BCUT2D eigenvalue weighted by Crippen LogP contribution is 2.24. The van der Waals surface area contributed by atoms with Gasteiger partial charge in [-0.15, -0.1) is 11.3 Å². The van der Waals surface area contributed by atoms with E-state index in [1.165, 1.54) is 11.3 Å². The monoisotopic (exact) mass is 272 g/mol. The molecule has 0 aliphatic heterocycles. The fourth-order valence-electron chi connectivity index (χ4n) is 1.27. The molecule has 2 aromatic heterocycles. The Kier molecular flexibility index (Phi) is 2.45. The zero-order chi connectivity index (χ0) is 10.3. The smallest absolute Gasteiger partial charge is 0.259 e. The Morgan fingerprint density at radius 2 is 2.36 bits per heavy atom. The van der Waals surface area contributed by atoms with Crippen molar-refractivity contribution in [2.75, 3.05) is 0 Å². The summed E-state index contributed by atoms with van der Waals surface area (Å²) in [6.07, 6.45) is 0.792. The van der Waals surface area contributed by atoms with Crippen LogP contribution in [0.5, 0.6) is 0 Å². The Hall–Kier alpha value is -0.680. The normalized spacial score (nSPS) is 11.1. The van der Waals surface area contributed by atoms with Crippen LogP contribution in [-0.4, -0.2) is 9.38 Å². The Balaban J connectivity index is 2.90. The number of rotatable bonds is 1. The lowest BCUT2D eigenvalue weighted by molar-refractivity contribution is 0.969. The average Bonchev–Trinajstić information content (AvgIpc) is 2.43. The molecule has 0 atom stereocenters. The molecule has 0 amide bonds. The number of hydrogen-bond donors (Lipinski definition) is 0. The standard InChI is InChI=1S/C9H9BrN2OS/c1-3-6-4-7(13)12-8(10)5(2)14-9(12)11-6/h4H,3H2,1-2H3. The molecule has 74 valence electrons. The lowest BCUT2D eigenvalue weighted by Crippen LogP contribution is -2.13. The van der Waals surface area contributed by atoms with Crippen molar-refractivity contribution in [2.24, 2.45) is 0 Å². The maximum atomic E-state index is 11.7. The van der Waals surface area contributed by atoms with E-state index in [1.54, 1.807) is 10.5 Å². The second-order valence-corrected chi connectivity index (χ2v) is 4.94. The van der Waals surface area contributed by atoms with Crippen molar-refractivity contribution in [1.82, 2.24) is 9.38 Å². The molecule has 5 heteroatoms. The van der Waals surface area contributed by atoms with Gasteiger partial charge in [-0.25, -0.2) is 9.38 Å². The predicted octanol–water partition coefficient (Wildman–Crippen LogP) is 2.39. The van der Waals surface area contributed by atoms with E-state index in [9.17, 15) is 4.79 Å². The first kappa shape index (κ1) is 9.86. The van der Waals surface area contributed by atoms with E-state index in [0.717, 1.165) is 26.6 Å². The van der Waals surface area contributed by atoms with E-state index in [1.807, 2.05) is 13.8 Å². The number of halogens is 1. The Morgan fingerprint density at radius 1 is 1.64 bits per heavy atom. The van der Waals surface area contributed by atoms with Crippen LogP contribution < -0.4 is 5.56 Å². The molecule has 2 rings (SSSR count). The summed E-state index contributed by atoms with van der Waals surface area (Å²) in [5, 5.41) is 0. The summed E-state index contributed by atoms with van der Waals surface area (Å²) in [6.45, 7) is 3.96. The first-order valence-electron chi connectivity index (χ1n) is 4.31. The first-order valence-corrected chi connectivity index (χ1v) is 5.92. The number of nitrogens with zero attached hydrogens (tertiary/aromatic N) is 2. The van der Waals surface area contributed by atoms with Gasteiger partial charge in [-0.1, -0.05) is 6.92 Å². The third-order valence-corrected chi connectivity index (χ3v) is 4.20. The number of fused-ring (bicyclic) bond motifs is 1. The van der Waals surface area contributed by atoms with Crippen LogP contribution in [0.25, 0.3) is 4.96 Å². The van der Waals surface area contributed by atoms with Crippen molar-refractivity contribution in [3.8, 4) is 0 Å². The van der Waals surface area contributed by atoms with Crippen LogP contribution >= 0.6 is 27.3 Å². The third kappa shape index (κ3) is 1.40. The lowest BCUT2D eigenvalue weighted by Gasteiger charge is -1.96. The van der Waals surface area contributed by atoms with Crippen LogP contribution in [-0.2, 0) is 6.42 Å². The molecule has 0 aliphatic rings. The minimum absolute atomic E-state index is 0.0110. The highest BCUT2D eigenvalue weighted by molar-refractivity contribution is 9.10. The van der Waals surface area contributed by atoms with Crippen molar-refractivity contribution in [3.63, 3.8) is 0 Å². The second kappa shape index (κ2) is 3.47. The minimum Gasteiger partial charge on any atom is -0.269 e. The van der Waals surface area contributed by atoms with Crippen molar-refractivity contribution >= 4 is 32.2 Å². The zero-order valence-corrected chi connectivity index (χ0v) is 10.3. The van der Waals surface area contributed by atoms with Crippen molar-refractivity contribution in [1.29, 1.82) is 0 Å². The highest BCUT2D eigenvalue weighted by atomic mass is 79.9. The van der Waals surface area contributed by atoms with Gasteiger partial charge in [0.15, 0.2) is 4.96 Å². The zero-order valence-electron chi connectivity index (χ0n) is 7.87. The van der Waals surface area contributed by atoms with Gasteiger partial charge in [0, 0.05) is 16.6 Å². The molecule has 0 fully saturated rings. The van der Waals surface area contributed by atoms with Gasteiger partial charge in [-0.2, -0.15) is 0 Å². The van der Waals surface area contributed by atoms with Crippen LogP contribution in [0.2, 0.25) is 0 Å². The Morgan fingerprint density at radius 3 is 3.00 bits per heavy atom. The largest absolute Gasteiger partial charge is 0.269 e. The Labute approximate surface area is 93.5 Å². The van der Waals surface area contributed by atoms with Crippen LogP contribution in [0.3, 0.4) is 0 Å². The van der Waals surface area contributed by atoms with Gasteiger partial charge in [0.1, 0.15) is 4.60 Å². The lowest BCUT2D eigenvalue weighted by atomic mass is 10.3. The Bertz CT molecular complexity index is 543. The summed E-state index contributed by atoms with van der Waals surface area (Å²) < 4.78 is 2.41. The molecule has 14 heavy (non-hydrogen) atoms. The molecule has 0 saturated heterocycles. The average molecular weight is 273 g/mol. The SMILES string of the molecule is CCc1cc(=O)n2c(Br)c(C)sc2n1. The minimum atomic E-state index is -0.0110. The summed E-state index contributed by atoms with van der Waals surface area (Å²) in [4.78, 5) is 17.9. The van der Waals surface area contributed by atoms with Gasteiger partial charge in [0.25, 0.3) is 5.56 Å². The molecule has 0 N–H and O–H groups in total. The molecule has 0 aromatic carbocycles. The van der Waals surface area contributed by atoms with Crippen LogP contribution in [0.1, 0.15) is 17.5 Å². The number of thiazole rings is 1. The van der Waals surface area contributed by atoms with Gasteiger partial charge in [-0.3, -0.25) is 4.79 Å². The van der Waals surface area contributed by atoms with E-state index < -0.39 is 0 Å². The number of hydrogen-bond acceptors (Lipinski definition) is 3. The molecular weight excluding hydrogens is 264 g/mol. The molecule has 0 saturated carbocycles. The quantitative estimate of drug-likeness (QED) is 0.799. The summed E-state index contributed by atoms with van der Waals surface area (Å²) in [5.74, 6) is 0.